The first kappa shape index (κ1) is 15.9. The Morgan fingerprint density at radius 1 is 1.30 bits per heavy atom. The minimum Gasteiger partial charge on any atom is -0.366 e. The highest BCUT2D eigenvalue weighted by Gasteiger charge is 2.22. The maximum absolute atomic E-state index is 12.8. The number of aromatic amines is 1. The smallest absolute Gasteiger partial charge is 0.319 e. The van der Waals surface area contributed by atoms with Gasteiger partial charge in [0.1, 0.15) is 10.8 Å². The average Bonchev–Trinajstić information content (AvgIpc) is 2.99. The summed E-state index contributed by atoms with van der Waals surface area (Å²) in [5.74, 6) is 0.337. The molecule has 1 fully saturated rings. The summed E-state index contributed by atoms with van der Waals surface area (Å²) >= 11 is 6.00. The number of rotatable bonds is 4. The van der Waals surface area contributed by atoms with Crippen molar-refractivity contribution in [3.8, 4) is 0 Å². The summed E-state index contributed by atoms with van der Waals surface area (Å²) in [4.78, 5) is 19.5. The number of aromatic nitrogens is 4. The van der Waals surface area contributed by atoms with E-state index in [1.807, 2.05) is 9.80 Å². The number of nitrogens with one attached hydrogen (secondary N) is 1. The molecule has 3 rings (SSSR count). The van der Waals surface area contributed by atoms with Crippen LogP contribution in [0, 0.1) is 0 Å². The van der Waals surface area contributed by atoms with Gasteiger partial charge in [-0.3, -0.25) is 14.3 Å². The molecule has 3 heterocycles. The number of piperazine rings is 1. The number of H-pyrrole nitrogens is 1. The van der Waals surface area contributed by atoms with Gasteiger partial charge in [-0.05, 0) is 0 Å². The van der Waals surface area contributed by atoms with Gasteiger partial charge in [-0.1, -0.05) is 11.6 Å². The van der Waals surface area contributed by atoms with E-state index in [4.69, 9.17) is 11.6 Å². The van der Waals surface area contributed by atoms with Crippen molar-refractivity contribution in [3.63, 3.8) is 0 Å². The molecule has 1 saturated heterocycles. The number of halogens is 3. The van der Waals surface area contributed by atoms with Crippen LogP contribution in [-0.2, 0) is 6.54 Å². The third kappa shape index (κ3) is 3.35. The minimum atomic E-state index is -2.59. The van der Waals surface area contributed by atoms with Crippen molar-refractivity contribution in [1.82, 2.24) is 24.6 Å². The van der Waals surface area contributed by atoms with Crippen LogP contribution in [-0.4, -0.2) is 50.8 Å². The summed E-state index contributed by atoms with van der Waals surface area (Å²) in [5.41, 5.74) is 0.162. The average molecular weight is 345 g/mol. The zero-order valence-electron chi connectivity index (χ0n) is 12.1. The van der Waals surface area contributed by atoms with E-state index >= 15 is 0 Å². The van der Waals surface area contributed by atoms with Crippen LogP contribution in [0.5, 0.6) is 0 Å². The molecule has 1 aliphatic heterocycles. The maximum atomic E-state index is 12.8. The zero-order valence-corrected chi connectivity index (χ0v) is 12.9. The van der Waals surface area contributed by atoms with Crippen LogP contribution in [0.3, 0.4) is 0 Å². The highest BCUT2D eigenvalue weighted by Crippen LogP contribution is 2.22. The fourth-order valence-corrected chi connectivity index (χ4v) is 2.80. The maximum Gasteiger partial charge on any atom is 0.319 e. The van der Waals surface area contributed by atoms with E-state index in [1.54, 1.807) is 0 Å². The molecule has 0 atom stereocenters. The highest BCUT2D eigenvalue weighted by atomic mass is 35.5. The molecule has 2 aromatic rings. The molecule has 1 N–H and O–H groups in total. The van der Waals surface area contributed by atoms with Crippen molar-refractivity contribution in [2.45, 2.75) is 13.1 Å². The SMILES string of the molecule is O=c1[nH]ncc(N2CCN(Cc3nccn3C(F)F)CC2)c1Cl. The summed E-state index contributed by atoms with van der Waals surface area (Å²) < 4.78 is 26.5. The topological polar surface area (TPSA) is 70.1 Å². The van der Waals surface area contributed by atoms with Gasteiger partial charge in [0.25, 0.3) is 5.56 Å². The second-order valence-electron chi connectivity index (χ2n) is 5.19. The lowest BCUT2D eigenvalue weighted by atomic mass is 10.3. The van der Waals surface area contributed by atoms with Gasteiger partial charge >= 0.3 is 6.55 Å². The quantitative estimate of drug-likeness (QED) is 0.906. The lowest BCUT2D eigenvalue weighted by Gasteiger charge is -2.35. The minimum absolute atomic E-state index is 0.113. The molecule has 0 spiro atoms. The summed E-state index contributed by atoms with van der Waals surface area (Å²) in [7, 11) is 0. The number of hydrogen-bond donors (Lipinski definition) is 1. The molecular formula is C13H15ClF2N6O. The largest absolute Gasteiger partial charge is 0.366 e. The van der Waals surface area contributed by atoms with Crippen molar-refractivity contribution in [2.75, 3.05) is 31.1 Å². The molecule has 23 heavy (non-hydrogen) atoms. The van der Waals surface area contributed by atoms with Gasteiger partial charge in [0.15, 0.2) is 0 Å². The van der Waals surface area contributed by atoms with Crippen molar-refractivity contribution >= 4 is 17.3 Å². The van der Waals surface area contributed by atoms with Crippen LogP contribution in [0.4, 0.5) is 14.5 Å². The molecule has 7 nitrogen and oxygen atoms in total. The lowest BCUT2D eigenvalue weighted by molar-refractivity contribution is 0.0637. The molecule has 0 unspecified atom stereocenters. The van der Waals surface area contributed by atoms with Gasteiger partial charge in [0, 0.05) is 38.6 Å². The van der Waals surface area contributed by atoms with Gasteiger partial charge in [-0.2, -0.15) is 13.9 Å². The lowest BCUT2D eigenvalue weighted by Crippen LogP contribution is -2.46. The van der Waals surface area contributed by atoms with Crippen LogP contribution in [0.2, 0.25) is 5.02 Å². The van der Waals surface area contributed by atoms with E-state index in [1.165, 1.54) is 18.6 Å². The highest BCUT2D eigenvalue weighted by molar-refractivity contribution is 6.32. The van der Waals surface area contributed by atoms with Gasteiger partial charge in [-0.25, -0.2) is 10.1 Å². The van der Waals surface area contributed by atoms with Gasteiger partial charge in [-0.15, -0.1) is 0 Å². The van der Waals surface area contributed by atoms with Crippen molar-refractivity contribution in [3.05, 3.63) is 39.8 Å². The predicted octanol–water partition coefficient (Wildman–Crippen LogP) is 1.34. The number of imidazole rings is 1. The predicted molar refractivity (Wildman–Crippen MR) is 80.8 cm³/mol. The van der Waals surface area contributed by atoms with E-state index in [0.29, 0.717) is 44.2 Å². The second-order valence-corrected chi connectivity index (χ2v) is 5.57. The van der Waals surface area contributed by atoms with Crippen molar-refractivity contribution < 1.29 is 8.78 Å². The van der Waals surface area contributed by atoms with Gasteiger partial charge in [0.05, 0.1) is 18.4 Å². The monoisotopic (exact) mass is 344 g/mol. The molecule has 0 radical (unpaired) electrons. The van der Waals surface area contributed by atoms with E-state index in [0.717, 1.165) is 4.57 Å². The zero-order chi connectivity index (χ0) is 16.4. The Bertz CT molecular complexity index is 725. The van der Waals surface area contributed by atoms with Crippen LogP contribution in [0.25, 0.3) is 0 Å². The summed E-state index contributed by atoms with van der Waals surface area (Å²) in [6.45, 7) is 0.320. The van der Waals surface area contributed by atoms with E-state index in [-0.39, 0.29) is 5.02 Å². The van der Waals surface area contributed by atoms with Crippen LogP contribution < -0.4 is 10.5 Å². The molecule has 0 bridgehead atoms. The number of anilines is 1. The Morgan fingerprint density at radius 2 is 2.04 bits per heavy atom. The fraction of sp³-hybridized carbons (Fsp3) is 0.462. The van der Waals surface area contributed by atoms with E-state index < -0.39 is 12.1 Å². The van der Waals surface area contributed by atoms with Gasteiger partial charge in [0.2, 0.25) is 0 Å². The molecule has 124 valence electrons. The second kappa shape index (κ2) is 6.63. The molecule has 1 aliphatic rings. The van der Waals surface area contributed by atoms with Crippen molar-refractivity contribution in [1.29, 1.82) is 0 Å². The molecule has 0 aromatic carbocycles. The Balaban J connectivity index is 1.63. The molecule has 10 heteroatoms. The van der Waals surface area contributed by atoms with Gasteiger partial charge < -0.3 is 4.90 Å². The molecular weight excluding hydrogens is 330 g/mol. The third-order valence-electron chi connectivity index (χ3n) is 3.81. The Morgan fingerprint density at radius 3 is 2.74 bits per heavy atom. The number of alkyl halides is 2. The Labute approximate surface area is 135 Å². The fourth-order valence-electron chi connectivity index (χ4n) is 2.59. The van der Waals surface area contributed by atoms with E-state index in [2.05, 4.69) is 15.2 Å². The molecule has 0 amide bonds. The number of hydrogen-bond acceptors (Lipinski definition) is 5. The van der Waals surface area contributed by atoms with E-state index in [9.17, 15) is 13.6 Å². The first-order chi connectivity index (χ1) is 11.1. The molecule has 0 aliphatic carbocycles. The first-order valence-corrected chi connectivity index (χ1v) is 7.44. The molecule has 2 aromatic heterocycles. The number of nitrogens with zero attached hydrogens (tertiary/aromatic N) is 5. The Kier molecular flexibility index (Phi) is 4.58. The standard InChI is InChI=1S/C13H15ClF2N6O/c14-11-9(7-18-19-12(11)23)21-5-3-20(4-6-21)8-10-17-1-2-22(10)13(15)16/h1-2,7,13H,3-6,8H2,(H,19,23). The van der Waals surface area contributed by atoms with Crippen LogP contribution >= 0.6 is 11.6 Å². The first-order valence-electron chi connectivity index (χ1n) is 7.06. The van der Waals surface area contributed by atoms with Crippen molar-refractivity contribution in [2.24, 2.45) is 0 Å². The summed E-state index contributed by atoms with van der Waals surface area (Å²) in [6, 6.07) is 0. The normalized spacial score (nSPS) is 16.3. The Hall–Kier alpha value is -2.00. The summed E-state index contributed by atoms with van der Waals surface area (Å²) in [5, 5.41) is 6.15. The van der Waals surface area contributed by atoms with Crippen LogP contribution in [0.1, 0.15) is 12.4 Å². The summed E-state index contributed by atoms with van der Waals surface area (Å²) in [6.07, 6.45) is 4.17. The van der Waals surface area contributed by atoms with Crippen LogP contribution in [0.15, 0.2) is 23.4 Å². The third-order valence-corrected chi connectivity index (χ3v) is 4.18. The molecule has 0 saturated carbocycles.